The molecule has 1 amide bonds. The zero-order valence-corrected chi connectivity index (χ0v) is 15.1. The highest BCUT2D eigenvalue weighted by molar-refractivity contribution is 7.15. The van der Waals surface area contributed by atoms with Crippen LogP contribution in [0.5, 0.6) is 5.75 Å². The van der Waals surface area contributed by atoms with E-state index in [1.54, 1.807) is 0 Å². The maximum Gasteiger partial charge on any atom is 0.573 e. The molecule has 1 fully saturated rings. The predicted molar refractivity (Wildman–Crippen MR) is 94.3 cm³/mol. The lowest BCUT2D eigenvalue weighted by Gasteiger charge is -2.08. The number of benzene rings is 1. The molecule has 1 aliphatic rings. The number of ether oxygens (including phenoxy) is 1. The van der Waals surface area contributed by atoms with Crippen molar-refractivity contribution in [2.45, 2.75) is 25.7 Å². The molecule has 1 saturated carbocycles. The number of rotatable bonds is 6. The Kier molecular flexibility index (Phi) is 4.80. The molecule has 0 saturated heterocycles. The number of aromatic nitrogens is 2. The first-order valence-electron chi connectivity index (χ1n) is 8.44. The lowest BCUT2D eigenvalue weighted by molar-refractivity contribution is -0.274. The van der Waals surface area contributed by atoms with Crippen LogP contribution >= 0.6 is 11.3 Å². The molecule has 1 aliphatic carbocycles. The second kappa shape index (κ2) is 7.27. The molecule has 146 valence electrons. The molecule has 1 N–H and O–H groups in total. The van der Waals surface area contributed by atoms with Crippen molar-refractivity contribution in [1.29, 1.82) is 0 Å². The van der Waals surface area contributed by atoms with E-state index in [4.69, 9.17) is 4.52 Å². The SMILES string of the molecule is O=C(NCc1ccc(-c2noc(-c3ccc(OC(F)(F)F)cc3)n2)s1)C1CC1. The van der Waals surface area contributed by atoms with E-state index >= 15 is 0 Å². The van der Waals surface area contributed by atoms with Gasteiger partial charge in [0.25, 0.3) is 5.89 Å². The average molecular weight is 409 g/mol. The van der Waals surface area contributed by atoms with Crippen LogP contribution < -0.4 is 10.1 Å². The predicted octanol–water partition coefficient (Wildman–Crippen LogP) is 4.39. The third-order valence-electron chi connectivity index (χ3n) is 4.03. The van der Waals surface area contributed by atoms with Crippen molar-refractivity contribution in [2.24, 2.45) is 5.92 Å². The number of alkyl halides is 3. The van der Waals surface area contributed by atoms with Crippen LogP contribution in [0.2, 0.25) is 0 Å². The minimum atomic E-state index is -4.74. The van der Waals surface area contributed by atoms with Crippen molar-refractivity contribution in [2.75, 3.05) is 0 Å². The summed E-state index contributed by atoms with van der Waals surface area (Å²) < 4.78 is 45.7. The van der Waals surface area contributed by atoms with Gasteiger partial charge in [0.05, 0.1) is 11.4 Å². The van der Waals surface area contributed by atoms with Crippen LogP contribution in [0.3, 0.4) is 0 Å². The number of hydrogen-bond acceptors (Lipinski definition) is 6. The standard InChI is InChI=1S/C18H14F3N3O3S/c19-18(20,21)26-12-5-3-11(4-6-12)17-23-15(24-27-17)14-8-7-13(28-14)9-22-16(25)10-1-2-10/h3-8,10H,1-2,9H2,(H,22,25). The van der Waals surface area contributed by atoms with Gasteiger partial charge in [-0.15, -0.1) is 24.5 Å². The summed E-state index contributed by atoms with van der Waals surface area (Å²) in [7, 11) is 0. The number of hydrogen-bond donors (Lipinski definition) is 1. The number of amides is 1. The molecule has 0 atom stereocenters. The van der Waals surface area contributed by atoms with E-state index in [2.05, 4.69) is 20.2 Å². The molecule has 0 aliphatic heterocycles. The van der Waals surface area contributed by atoms with Gasteiger partial charge in [0.15, 0.2) is 0 Å². The van der Waals surface area contributed by atoms with Gasteiger partial charge < -0.3 is 14.6 Å². The molecular weight excluding hydrogens is 395 g/mol. The molecule has 0 bridgehead atoms. The molecule has 0 unspecified atom stereocenters. The summed E-state index contributed by atoms with van der Waals surface area (Å²) in [6.45, 7) is 0.450. The summed E-state index contributed by atoms with van der Waals surface area (Å²) in [4.78, 5) is 17.7. The zero-order valence-electron chi connectivity index (χ0n) is 14.3. The second-order valence-electron chi connectivity index (χ2n) is 6.25. The fourth-order valence-corrected chi connectivity index (χ4v) is 3.37. The molecule has 0 radical (unpaired) electrons. The van der Waals surface area contributed by atoms with Crippen LogP contribution in [0.15, 0.2) is 40.9 Å². The number of carbonyl (C=O) groups excluding carboxylic acids is 1. The molecule has 1 aromatic carbocycles. The zero-order chi connectivity index (χ0) is 19.7. The van der Waals surface area contributed by atoms with E-state index in [0.717, 1.165) is 22.6 Å². The molecule has 2 aromatic heterocycles. The third kappa shape index (κ3) is 4.50. The highest BCUT2D eigenvalue weighted by atomic mass is 32.1. The minimum Gasteiger partial charge on any atom is -0.406 e. The summed E-state index contributed by atoms with van der Waals surface area (Å²) in [6.07, 6.45) is -2.83. The van der Waals surface area contributed by atoms with Crippen LogP contribution in [0.4, 0.5) is 13.2 Å². The summed E-state index contributed by atoms with van der Waals surface area (Å²) in [5, 5.41) is 6.81. The highest BCUT2D eigenvalue weighted by Gasteiger charge is 2.31. The van der Waals surface area contributed by atoms with Crippen molar-refractivity contribution in [3.8, 4) is 27.9 Å². The van der Waals surface area contributed by atoms with Gasteiger partial charge in [0.2, 0.25) is 11.7 Å². The number of thiophene rings is 1. The van der Waals surface area contributed by atoms with Crippen LogP contribution in [0.25, 0.3) is 22.2 Å². The van der Waals surface area contributed by atoms with Crippen molar-refractivity contribution in [1.82, 2.24) is 15.5 Å². The van der Waals surface area contributed by atoms with Crippen LogP contribution in [0, 0.1) is 5.92 Å². The van der Waals surface area contributed by atoms with Crippen molar-refractivity contribution in [3.63, 3.8) is 0 Å². The molecule has 2 heterocycles. The number of carbonyl (C=O) groups is 1. The molecule has 3 aromatic rings. The Labute approximate surface area is 161 Å². The molecule has 6 nitrogen and oxygen atoms in total. The first-order chi connectivity index (χ1) is 13.4. The summed E-state index contributed by atoms with van der Waals surface area (Å²) in [6, 6.07) is 8.89. The summed E-state index contributed by atoms with van der Waals surface area (Å²) in [5.41, 5.74) is 0.474. The summed E-state index contributed by atoms with van der Waals surface area (Å²) in [5.74, 6) is 0.468. The quantitative estimate of drug-likeness (QED) is 0.653. The third-order valence-corrected chi connectivity index (χ3v) is 5.11. The first kappa shape index (κ1) is 18.5. The van der Waals surface area contributed by atoms with Gasteiger partial charge in [0, 0.05) is 16.4 Å². The molecule has 0 spiro atoms. The topological polar surface area (TPSA) is 77.2 Å². The molecule has 10 heteroatoms. The monoisotopic (exact) mass is 409 g/mol. The highest BCUT2D eigenvalue weighted by Crippen LogP contribution is 2.31. The number of nitrogens with one attached hydrogen (secondary N) is 1. The van der Waals surface area contributed by atoms with E-state index in [1.165, 1.54) is 35.6 Å². The fraction of sp³-hybridized carbons (Fsp3) is 0.278. The maximum atomic E-state index is 12.2. The van der Waals surface area contributed by atoms with Gasteiger partial charge in [0.1, 0.15) is 5.75 Å². The Bertz CT molecular complexity index is 978. The fourth-order valence-electron chi connectivity index (χ4n) is 2.50. The normalized spacial score (nSPS) is 14.1. The Morgan fingerprint density at radius 3 is 2.64 bits per heavy atom. The lowest BCUT2D eigenvalue weighted by Crippen LogP contribution is -2.23. The second-order valence-corrected chi connectivity index (χ2v) is 7.42. The van der Waals surface area contributed by atoms with E-state index in [-0.39, 0.29) is 23.5 Å². The van der Waals surface area contributed by atoms with Crippen molar-refractivity contribution < 1.29 is 27.2 Å². The molecule has 28 heavy (non-hydrogen) atoms. The number of halogens is 3. The van der Waals surface area contributed by atoms with Crippen LogP contribution in [0.1, 0.15) is 17.7 Å². The Morgan fingerprint density at radius 2 is 1.96 bits per heavy atom. The van der Waals surface area contributed by atoms with Gasteiger partial charge in [-0.1, -0.05) is 5.16 Å². The van der Waals surface area contributed by atoms with Gasteiger partial charge in [-0.3, -0.25) is 4.79 Å². The van der Waals surface area contributed by atoms with E-state index in [0.29, 0.717) is 17.9 Å². The smallest absolute Gasteiger partial charge is 0.406 e. The van der Waals surface area contributed by atoms with Crippen molar-refractivity contribution >= 4 is 17.2 Å². The van der Waals surface area contributed by atoms with E-state index in [9.17, 15) is 18.0 Å². The van der Waals surface area contributed by atoms with Gasteiger partial charge >= 0.3 is 6.36 Å². The molecular formula is C18H14F3N3O3S. The summed E-state index contributed by atoms with van der Waals surface area (Å²) >= 11 is 1.43. The van der Waals surface area contributed by atoms with Crippen LogP contribution in [-0.4, -0.2) is 22.4 Å². The van der Waals surface area contributed by atoms with Crippen molar-refractivity contribution in [3.05, 3.63) is 41.3 Å². The van der Waals surface area contributed by atoms with E-state index < -0.39 is 6.36 Å². The first-order valence-corrected chi connectivity index (χ1v) is 9.26. The maximum absolute atomic E-state index is 12.2. The average Bonchev–Trinajstić information content (AvgIpc) is 3.19. The van der Waals surface area contributed by atoms with Gasteiger partial charge in [-0.25, -0.2) is 0 Å². The Hall–Kier alpha value is -2.88. The Morgan fingerprint density at radius 1 is 1.21 bits per heavy atom. The lowest BCUT2D eigenvalue weighted by atomic mass is 10.2. The Balaban J connectivity index is 1.42. The molecule has 4 rings (SSSR count). The number of nitrogens with zero attached hydrogens (tertiary/aromatic N) is 2. The minimum absolute atomic E-state index is 0.0785. The largest absolute Gasteiger partial charge is 0.573 e. The van der Waals surface area contributed by atoms with Gasteiger partial charge in [-0.05, 0) is 49.2 Å². The van der Waals surface area contributed by atoms with Gasteiger partial charge in [-0.2, -0.15) is 4.98 Å². The van der Waals surface area contributed by atoms with Crippen LogP contribution in [-0.2, 0) is 11.3 Å². The van der Waals surface area contributed by atoms with E-state index in [1.807, 2.05) is 12.1 Å².